The number of nitriles is 1. The van der Waals surface area contributed by atoms with Crippen LogP contribution in [-0.4, -0.2) is 6.54 Å². The van der Waals surface area contributed by atoms with Gasteiger partial charge in [-0.1, -0.05) is 30.3 Å². The van der Waals surface area contributed by atoms with Gasteiger partial charge in [-0.3, -0.25) is 0 Å². The molecule has 0 fully saturated rings. The van der Waals surface area contributed by atoms with Crippen LogP contribution >= 0.6 is 0 Å². The molecule has 0 bridgehead atoms. The molecule has 0 radical (unpaired) electrons. The quantitative estimate of drug-likeness (QED) is 0.825. The highest BCUT2D eigenvalue weighted by molar-refractivity contribution is 5.49. The maximum absolute atomic E-state index is 13.2. The highest BCUT2D eigenvalue weighted by Crippen LogP contribution is 2.13. The largest absolute Gasteiger partial charge is 0.385 e. The Hall–Kier alpha value is -2.34. The van der Waals surface area contributed by atoms with Gasteiger partial charge < -0.3 is 5.32 Å². The number of nitrogens with zero attached hydrogens (tertiary/aromatic N) is 1. The molecule has 0 aromatic heterocycles. The third kappa shape index (κ3) is 4.11. The predicted molar refractivity (Wildman–Crippen MR) is 74.4 cm³/mol. The summed E-state index contributed by atoms with van der Waals surface area (Å²) in [6, 6.07) is 16.5. The number of benzene rings is 2. The van der Waals surface area contributed by atoms with E-state index in [-0.39, 0.29) is 5.82 Å². The van der Waals surface area contributed by atoms with Crippen molar-refractivity contribution >= 4 is 5.69 Å². The van der Waals surface area contributed by atoms with Crippen LogP contribution in [0.25, 0.3) is 0 Å². The van der Waals surface area contributed by atoms with Crippen LogP contribution in [-0.2, 0) is 6.42 Å². The first kappa shape index (κ1) is 13.1. The first-order chi connectivity index (χ1) is 9.28. The Morgan fingerprint density at radius 1 is 1.11 bits per heavy atom. The molecule has 0 amide bonds. The molecule has 0 heterocycles. The van der Waals surface area contributed by atoms with E-state index in [1.165, 1.54) is 17.7 Å². The molecule has 0 saturated carbocycles. The number of nitrogens with one attached hydrogen (secondary N) is 1. The number of hydrogen-bond donors (Lipinski definition) is 1. The Bertz CT molecular complexity index is 573. The zero-order chi connectivity index (χ0) is 13.5. The van der Waals surface area contributed by atoms with Gasteiger partial charge in [0.2, 0.25) is 0 Å². The number of hydrogen-bond acceptors (Lipinski definition) is 2. The average molecular weight is 254 g/mol. The number of halogens is 1. The van der Waals surface area contributed by atoms with Gasteiger partial charge in [-0.25, -0.2) is 4.39 Å². The Balaban J connectivity index is 1.83. The molecule has 19 heavy (non-hydrogen) atoms. The summed E-state index contributed by atoms with van der Waals surface area (Å²) in [5.41, 5.74) is 2.29. The fraction of sp³-hybridized carbons (Fsp3) is 0.188. The number of aryl methyl sites for hydroxylation is 1. The minimum Gasteiger partial charge on any atom is -0.385 e. The van der Waals surface area contributed by atoms with E-state index in [0.717, 1.165) is 19.4 Å². The normalized spacial score (nSPS) is 9.89. The van der Waals surface area contributed by atoms with Crippen LogP contribution in [0.5, 0.6) is 0 Å². The van der Waals surface area contributed by atoms with Crippen molar-refractivity contribution in [2.75, 3.05) is 11.9 Å². The highest BCUT2D eigenvalue weighted by Gasteiger charge is 2.00. The predicted octanol–water partition coefficient (Wildman–Crippen LogP) is 3.74. The van der Waals surface area contributed by atoms with E-state index in [4.69, 9.17) is 5.26 Å². The second-order valence-electron chi connectivity index (χ2n) is 4.36. The molecular formula is C16H15FN2. The van der Waals surface area contributed by atoms with E-state index in [1.807, 2.05) is 24.3 Å². The lowest BCUT2D eigenvalue weighted by atomic mass is 10.1. The van der Waals surface area contributed by atoms with Crippen molar-refractivity contribution in [1.29, 1.82) is 5.26 Å². The maximum Gasteiger partial charge on any atom is 0.126 e. The van der Waals surface area contributed by atoms with E-state index in [9.17, 15) is 4.39 Å². The molecule has 2 aromatic carbocycles. The van der Waals surface area contributed by atoms with Crippen LogP contribution in [0.1, 0.15) is 17.5 Å². The lowest BCUT2D eigenvalue weighted by molar-refractivity contribution is 0.627. The molecule has 2 nitrogen and oxygen atoms in total. The van der Waals surface area contributed by atoms with Crippen molar-refractivity contribution in [3.8, 4) is 6.07 Å². The van der Waals surface area contributed by atoms with Gasteiger partial charge in [-0.15, -0.1) is 0 Å². The third-order valence-corrected chi connectivity index (χ3v) is 2.84. The molecule has 2 rings (SSSR count). The first-order valence-corrected chi connectivity index (χ1v) is 6.26. The van der Waals surface area contributed by atoms with Crippen LogP contribution in [0.2, 0.25) is 0 Å². The summed E-state index contributed by atoms with van der Waals surface area (Å²) in [7, 11) is 0. The van der Waals surface area contributed by atoms with E-state index >= 15 is 0 Å². The van der Waals surface area contributed by atoms with Crippen LogP contribution in [0.3, 0.4) is 0 Å². The molecule has 3 heteroatoms. The van der Waals surface area contributed by atoms with Gasteiger partial charge in [-0.05, 0) is 36.6 Å². The third-order valence-electron chi connectivity index (χ3n) is 2.84. The van der Waals surface area contributed by atoms with Gasteiger partial charge in [0.25, 0.3) is 0 Å². The van der Waals surface area contributed by atoms with E-state index in [2.05, 4.69) is 17.4 Å². The minimum absolute atomic E-state index is 0.338. The Kier molecular flexibility index (Phi) is 4.52. The molecule has 2 aromatic rings. The summed E-state index contributed by atoms with van der Waals surface area (Å²) < 4.78 is 13.2. The minimum atomic E-state index is -0.385. The summed E-state index contributed by atoms with van der Waals surface area (Å²) in [4.78, 5) is 0. The van der Waals surface area contributed by atoms with Crippen molar-refractivity contribution in [1.82, 2.24) is 0 Å². The Morgan fingerprint density at radius 3 is 2.63 bits per heavy atom. The fourth-order valence-electron chi connectivity index (χ4n) is 1.93. The summed E-state index contributed by atoms with van der Waals surface area (Å²) >= 11 is 0. The van der Waals surface area contributed by atoms with E-state index in [1.54, 1.807) is 6.07 Å². The summed E-state index contributed by atoms with van der Waals surface area (Å²) in [5.74, 6) is -0.385. The van der Waals surface area contributed by atoms with Crippen molar-refractivity contribution in [3.05, 3.63) is 65.5 Å². The Labute approximate surface area is 112 Å². The molecule has 0 aliphatic carbocycles. The molecule has 0 aliphatic rings. The summed E-state index contributed by atoms with van der Waals surface area (Å²) in [6.07, 6.45) is 1.94. The zero-order valence-corrected chi connectivity index (χ0v) is 10.6. The topological polar surface area (TPSA) is 35.8 Å². The van der Waals surface area contributed by atoms with Gasteiger partial charge in [0.1, 0.15) is 5.82 Å². The molecule has 0 spiro atoms. The summed E-state index contributed by atoms with van der Waals surface area (Å²) in [6.45, 7) is 0.753. The van der Waals surface area contributed by atoms with Gasteiger partial charge >= 0.3 is 0 Å². The van der Waals surface area contributed by atoms with Gasteiger partial charge in [-0.2, -0.15) is 5.26 Å². The SMILES string of the molecule is N#Cc1cc(F)cc(NCCCc2ccccc2)c1. The Morgan fingerprint density at radius 2 is 1.89 bits per heavy atom. The first-order valence-electron chi connectivity index (χ1n) is 6.26. The second-order valence-corrected chi connectivity index (χ2v) is 4.36. The van der Waals surface area contributed by atoms with Crippen molar-refractivity contribution in [2.24, 2.45) is 0 Å². The molecular weight excluding hydrogens is 239 g/mol. The fourth-order valence-corrected chi connectivity index (χ4v) is 1.93. The molecule has 0 unspecified atom stereocenters. The van der Waals surface area contributed by atoms with Crippen molar-refractivity contribution in [2.45, 2.75) is 12.8 Å². The van der Waals surface area contributed by atoms with Gasteiger partial charge in [0, 0.05) is 12.2 Å². The number of rotatable bonds is 5. The lowest BCUT2D eigenvalue weighted by Crippen LogP contribution is -2.03. The number of anilines is 1. The van der Waals surface area contributed by atoms with Crippen LogP contribution in [0.4, 0.5) is 10.1 Å². The second kappa shape index (κ2) is 6.55. The van der Waals surface area contributed by atoms with Gasteiger partial charge in [0.15, 0.2) is 0 Å². The average Bonchev–Trinajstić information content (AvgIpc) is 2.44. The monoisotopic (exact) mass is 254 g/mol. The molecule has 0 aliphatic heterocycles. The van der Waals surface area contributed by atoms with E-state index in [0.29, 0.717) is 11.3 Å². The highest BCUT2D eigenvalue weighted by atomic mass is 19.1. The van der Waals surface area contributed by atoms with Crippen LogP contribution in [0, 0.1) is 17.1 Å². The van der Waals surface area contributed by atoms with Gasteiger partial charge in [0.05, 0.1) is 11.6 Å². The van der Waals surface area contributed by atoms with Crippen molar-refractivity contribution in [3.63, 3.8) is 0 Å². The van der Waals surface area contributed by atoms with E-state index < -0.39 is 0 Å². The molecule has 96 valence electrons. The maximum atomic E-state index is 13.2. The molecule has 0 saturated heterocycles. The zero-order valence-electron chi connectivity index (χ0n) is 10.6. The smallest absolute Gasteiger partial charge is 0.126 e. The summed E-state index contributed by atoms with van der Waals surface area (Å²) in [5, 5.41) is 11.9. The standard InChI is InChI=1S/C16H15FN2/c17-15-9-14(12-18)10-16(11-15)19-8-4-7-13-5-2-1-3-6-13/h1-3,5-6,9-11,19H,4,7-8H2. The molecule has 1 N–H and O–H groups in total. The van der Waals surface area contributed by atoms with Crippen LogP contribution < -0.4 is 5.32 Å². The van der Waals surface area contributed by atoms with Crippen LogP contribution in [0.15, 0.2) is 48.5 Å². The lowest BCUT2D eigenvalue weighted by Gasteiger charge is -2.07. The molecule has 0 atom stereocenters. The van der Waals surface area contributed by atoms with Crippen molar-refractivity contribution < 1.29 is 4.39 Å².